The van der Waals surface area contributed by atoms with Crippen molar-refractivity contribution in [1.29, 1.82) is 0 Å². The maximum absolute atomic E-state index is 13.0. The zero-order chi connectivity index (χ0) is 22.2. The van der Waals surface area contributed by atoms with Gasteiger partial charge in [-0.25, -0.2) is 14.6 Å². The first-order valence-corrected chi connectivity index (χ1v) is 10.0. The van der Waals surface area contributed by atoms with Gasteiger partial charge < -0.3 is 14.8 Å². The van der Waals surface area contributed by atoms with Gasteiger partial charge in [0.2, 0.25) is 0 Å². The van der Waals surface area contributed by atoms with E-state index in [1.54, 1.807) is 31.2 Å². The van der Waals surface area contributed by atoms with Gasteiger partial charge in [-0.3, -0.25) is 0 Å². The van der Waals surface area contributed by atoms with Gasteiger partial charge in [-0.1, -0.05) is 17.8 Å². The van der Waals surface area contributed by atoms with Crippen LogP contribution in [0.3, 0.4) is 0 Å². The summed E-state index contributed by atoms with van der Waals surface area (Å²) in [5, 5.41) is 4.89. The number of rotatable bonds is 5. The Morgan fingerprint density at radius 3 is 2.41 bits per heavy atom. The van der Waals surface area contributed by atoms with E-state index in [4.69, 9.17) is 4.74 Å². The molecule has 4 rings (SSSR count). The highest BCUT2D eigenvalue weighted by Crippen LogP contribution is 2.35. The Hall–Kier alpha value is -2.73. The van der Waals surface area contributed by atoms with Crippen LogP contribution in [0.1, 0.15) is 11.3 Å². The third-order valence-corrected chi connectivity index (χ3v) is 5.55. The molecule has 2 aromatic carbocycles. The zero-order valence-corrected chi connectivity index (χ0v) is 20.6. The molecule has 4 aromatic rings. The summed E-state index contributed by atoms with van der Waals surface area (Å²) in [6.07, 6.45) is -0.802. The molecule has 2 heterocycles. The average Bonchev–Trinajstić information content (AvgIpc) is 3.33. The van der Waals surface area contributed by atoms with Crippen molar-refractivity contribution < 1.29 is 23.4 Å². The number of aromatic nitrogens is 5. The predicted octanol–water partition coefficient (Wildman–Crippen LogP) is 5.17. The van der Waals surface area contributed by atoms with E-state index in [1.807, 2.05) is 35.9 Å². The van der Waals surface area contributed by atoms with E-state index in [0.717, 1.165) is 40.8 Å². The van der Waals surface area contributed by atoms with Crippen molar-refractivity contribution in [2.24, 2.45) is 7.05 Å². The van der Waals surface area contributed by atoms with Crippen LogP contribution < -0.4 is 4.74 Å². The minimum absolute atomic E-state index is 0. The van der Waals surface area contributed by atoms with Gasteiger partial charge in [0, 0.05) is 23.7 Å². The summed E-state index contributed by atoms with van der Waals surface area (Å²) in [5.74, 6) is 1.07. The van der Waals surface area contributed by atoms with Gasteiger partial charge in [-0.15, -0.1) is 24.8 Å². The van der Waals surface area contributed by atoms with Crippen LogP contribution in [0.4, 0.5) is 13.2 Å². The number of alkyl halides is 3. The number of halogens is 5. The van der Waals surface area contributed by atoms with Crippen molar-refractivity contribution in [3.8, 4) is 22.8 Å². The fourth-order valence-corrected chi connectivity index (χ4v) is 3.85. The second-order valence-electron chi connectivity index (χ2n) is 6.78. The number of hydrogen-bond acceptors (Lipinski definition) is 5. The molecule has 0 unspecified atom stereocenters. The van der Waals surface area contributed by atoms with Crippen LogP contribution in [-0.2, 0) is 13.2 Å². The van der Waals surface area contributed by atoms with Gasteiger partial charge in [0.05, 0.1) is 30.4 Å². The normalized spacial score (nSPS) is 10.6. The van der Waals surface area contributed by atoms with Crippen molar-refractivity contribution in [1.82, 2.24) is 24.3 Å². The number of benzene rings is 2. The maximum atomic E-state index is 13.0. The lowest BCUT2D eigenvalue weighted by molar-refractivity contribution is -0.137. The lowest BCUT2D eigenvalue weighted by atomic mass is 10.1. The second-order valence-corrected chi connectivity index (χ2v) is 7.82. The number of methoxy groups -OCH3 is 1. The largest absolute Gasteiger partial charge is 0.495 e. The third-order valence-electron chi connectivity index (χ3n) is 4.52. The fraction of sp³-hybridized carbons (Fsp3) is 0.190. The summed E-state index contributed by atoms with van der Waals surface area (Å²) in [6.45, 7) is 1.90. The minimum atomic E-state index is -4.40. The summed E-state index contributed by atoms with van der Waals surface area (Å²) < 4.78 is 47.9. The number of hydrogen-bond donors (Lipinski definition) is 0. The second kappa shape index (κ2) is 11.6. The average molecular weight is 536 g/mol. The minimum Gasteiger partial charge on any atom is -0.495 e. The van der Waals surface area contributed by atoms with Crippen LogP contribution in [0.2, 0.25) is 0 Å². The highest BCUT2D eigenvalue weighted by molar-refractivity contribution is 7.99. The molecule has 34 heavy (non-hydrogen) atoms. The van der Waals surface area contributed by atoms with Crippen LogP contribution in [0.5, 0.6) is 5.75 Å². The number of nitrogens with zero attached hydrogens (tertiary/aromatic N) is 5. The van der Waals surface area contributed by atoms with Gasteiger partial charge in [-0.2, -0.15) is 18.3 Å². The summed E-state index contributed by atoms with van der Waals surface area (Å²) in [7, 11) is 3.28. The smallest absolute Gasteiger partial charge is 0.416 e. The lowest BCUT2D eigenvalue weighted by Gasteiger charge is -2.10. The highest BCUT2D eigenvalue weighted by Gasteiger charge is 2.30. The Kier molecular flexibility index (Phi) is 10.0. The molecule has 0 radical (unpaired) electrons. The highest BCUT2D eigenvalue weighted by atomic mass is 35.5. The van der Waals surface area contributed by atoms with E-state index in [1.165, 1.54) is 6.07 Å². The topological polar surface area (TPSA) is 89.3 Å². The van der Waals surface area contributed by atoms with Crippen molar-refractivity contribution in [3.63, 3.8) is 0 Å². The number of imidazole rings is 1. The van der Waals surface area contributed by atoms with Gasteiger partial charge in [0.15, 0.2) is 11.0 Å². The molecule has 0 amide bonds. The molecule has 2 aromatic heterocycles. The van der Waals surface area contributed by atoms with Crippen LogP contribution in [-0.4, -0.2) is 36.9 Å². The first-order valence-electron chi connectivity index (χ1n) is 9.20. The summed E-state index contributed by atoms with van der Waals surface area (Å²) in [4.78, 5) is 9.17. The Morgan fingerprint density at radius 1 is 1.06 bits per heavy atom. The van der Waals surface area contributed by atoms with Crippen LogP contribution >= 0.6 is 36.6 Å². The molecule has 0 aliphatic heterocycles. The number of aryl methyl sites for hydroxylation is 2. The van der Waals surface area contributed by atoms with Gasteiger partial charge in [0.1, 0.15) is 5.75 Å². The van der Waals surface area contributed by atoms with Crippen LogP contribution in [0, 0.1) is 6.92 Å². The Balaban J connectivity index is 0.00000193. The molecule has 2 N–H and O–H groups in total. The van der Waals surface area contributed by atoms with Crippen molar-refractivity contribution in [3.05, 3.63) is 66.2 Å². The molecule has 0 aliphatic rings. The van der Waals surface area contributed by atoms with E-state index in [9.17, 15) is 13.2 Å². The molecule has 13 heteroatoms. The molecule has 7 nitrogen and oxygen atoms in total. The fourth-order valence-electron chi connectivity index (χ4n) is 3.01. The molecular weight excluding hydrogens is 514 g/mol. The third kappa shape index (κ3) is 6.23. The SMILES string of the molecule is COc1cc(-c2nc(Sc3cccc(C(F)(F)F)c3)n(C)n2)ccc1-n1cnc(C)c1.Cl.Cl.O. The molecular formula is C21H22Cl2F3N5O2S. The van der Waals surface area contributed by atoms with Crippen molar-refractivity contribution in [2.75, 3.05) is 7.11 Å². The monoisotopic (exact) mass is 535 g/mol. The van der Waals surface area contributed by atoms with Gasteiger partial charge >= 0.3 is 6.18 Å². The van der Waals surface area contributed by atoms with Crippen molar-refractivity contribution in [2.45, 2.75) is 23.2 Å². The zero-order valence-electron chi connectivity index (χ0n) is 18.2. The number of ether oxygens (including phenoxy) is 1. The Labute approximate surface area is 210 Å². The summed E-state index contributed by atoms with van der Waals surface area (Å²) >= 11 is 1.12. The van der Waals surface area contributed by atoms with E-state index in [2.05, 4.69) is 15.1 Å². The van der Waals surface area contributed by atoms with E-state index < -0.39 is 11.7 Å². The Morgan fingerprint density at radius 2 is 1.79 bits per heavy atom. The predicted molar refractivity (Wildman–Crippen MR) is 129 cm³/mol. The molecule has 0 saturated carbocycles. The van der Waals surface area contributed by atoms with E-state index in [0.29, 0.717) is 21.6 Å². The lowest BCUT2D eigenvalue weighted by Crippen LogP contribution is -2.04. The van der Waals surface area contributed by atoms with Crippen LogP contribution in [0.25, 0.3) is 17.1 Å². The molecule has 0 bridgehead atoms. The molecule has 0 aliphatic carbocycles. The maximum Gasteiger partial charge on any atom is 0.416 e. The van der Waals surface area contributed by atoms with Gasteiger partial charge in [0.25, 0.3) is 0 Å². The molecule has 0 saturated heterocycles. The Bertz CT molecular complexity index is 1250. The quantitative estimate of drug-likeness (QED) is 0.351. The van der Waals surface area contributed by atoms with E-state index >= 15 is 0 Å². The first kappa shape index (κ1) is 29.3. The summed E-state index contributed by atoms with van der Waals surface area (Å²) in [6, 6.07) is 10.7. The standard InChI is InChI=1S/C21H18F3N5OS.2ClH.H2O/c1-13-11-29(12-25-13)17-8-7-14(9-18(17)30-3)19-26-20(28(2)27-19)31-16-6-4-5-15(10-16)21(22,23)24;;;/h4-12H,1-3H3;2*1H;1H2. The van der Waals surface area contributed by atoms with Crippen molar-refractivity contribution >= 4 is 36.6 Å². The summed E-state index contributed by atoms with van der Waals surface area (Å²) in [5.41, 5.74) is 1.73. The van der Waals surface area contributed by atoms with E-state index in [-0.39, 0.29) is 30.3 Å². The molecule has 184 valence electrons. The first-order chi connectivity index (χ1) is 14.7. The van der Waals surface area contributed by atoms with Crippen LogP contribution in [0.15, 0.2) is 65.0 Å². The molecule has 0 spiro atoms. The molecule has 0 fully saturated rings. The van der Waals surface area contributed by atoms with Gasteiger partial charge in [-0.05, 0) is 43.3 Å². The molecule has 0 atom stereocenters.